The first-order valence-corrected chi connectivity index (χ1v) is 5.20. The highest BCUT2D eigenvalue weighted by Crippen LogP contribution is 1.99. The molecule has 0 saturated heterocycles. The lowest BCUT2D eigenvalue weighted by atomic mass is 10.3. The third-order valence-electron chi connectivity index (χ3n) is 1.94. The van der Waals surface area contributed by atoms with Crippen molar-refractivity contribution in [2.45, 2.75) is 6.54 Å². The third kappa shape index (κ3) is 4.19. The van der Waals surface area contributed by atoms with Gasteiger partial charge in [-0.3, -0.25) is 14.7 Å². The molecule has 0 radical (unpaired) electrons. The van der Waals surface area contributed by atoms with Crippen LogP contribution in [0.2, 0.25) is 0 Å². The second kappa shape index (κ2) is 5.94. The van der Waals surface area contributed by atoms with E-state index in [0.717, 1.165) is 5.56 Å². The summed E-state index contributed by atoms with van der Waals surface area (Å²) >= 11 is 4.59. The van der Waals surface area contributed by atoms with Crippen LogP contribution < -0.4 is 11.1 Å². The minimum Gasteiger partial charge on any atom is -0.392 e. The normalized spacial score (nSPS) is 9.71. The Hall–Kier alpha value is -1.96. The molecule has 0 bridgehead atoms. The molecule has 0 aliphatic carbocycles. The van der Waals surface area contributed by atoms with Crippen LogP contribution in [0.25, 0.3) is 0 Å². The van der Waals surface area contributed by atoms with Crippen LogP contribution >= 0.6 is 12.2 Å². The first-order chi connectivity index (χ1) is 8.00. The van der Waals surface area contributed by atoms with Crippen molar-refractivity contribution in [2.75, 3.05) is 13.6 Å². The SMILES string of the molecule is CN(Cc1cn[nH]c1)C(=O)C(=O)NCC(N)=S. The van der Waals surface area contributed by atoms with Crippen molar-refractivity contribution in [3.05, 3.63) is 18.0 Å². The van der Waals surface area contributed by atoms with Crippen molar-refractivity contribution in [2.24, 2.45) is 5.73 Å². The van der Waals surface area contributed by atoms with Crippen LogP contribution in [0.1, 0.15) is 5.56 Å². The number of thiocarbonyl (C=S) groups is 1. The van der Waals surface area contributed by atoms with Gasteiger partial charge in [-0.15, -0.1) is 0 Å². The summed E-state index contributed by atoms with van der Waals surface area (Å²) in [4.78, 5) is 24.4. The fourth-order valence-corrected chi connectivity index (χ4v) is 1.20. The fraction of sp³-hybridized carbons (Fsp3) is 0.333. The van der Waals surface area contributed by atoms with E-state index >= 15 is 0 Å². The number of hydrogen-bond acceptors (Lipinski definition) is 4. The van der Waals surface area contributed by atoms with Gasteiger partial charge in [0.25, 0.3) is 0 Å². The molecule has 2 amide bonds. The Morgan fingerprint density at radius 3 is 2.88 bits per heavy atom. The molecule has 17 heavy (non-hydrogen) atoms. The summed E-state index contributed by atoms with van der Waals surface area (Å²) in [7, 11) is 1.52. The maximum Gasteiger partial charge on any atom is 0.311 e. The molecule has 92 valence electrons. The molecule has 0 spiro atoms. The number of carbonyl (C=O) groups is 2. The van der Waals surface area contributed by atoms with Gasteiger partial charge in [-0.1, -0.05) is 12.2 Å². The van der Waals surface area contributed by atoms with Gasteiger partial charge >= 0.3 is 11.8 Å². The number of nitrogens with zero attached hydrogens (tertiary/aromatic N) is 2. The van der Waals surface area contributed by atoms with Crippen molar-refractivity contribution in [1.82, 2.24) is 20.4 Å². The van der Waals surface area contributed by atoms with Crippen molar-refractivity contribution in [1.29, 1.82) is 0 Å². The first-order valence-electron chi connectivity index (χ1n) is 4.80. The van der Waals surface area contributed by atoms with Gasteiger partial charge in [0.1, 0.15) is 0 Å². The van der Waals surface area contributed by atoms with Gasteiger partial charge in [-0.05, 0) is 0 Å². The lowest BCUT2D eigenvalue weighted by molar-refractivity contribution is -0.145. The molecule has 1 heterocycles. The number of H-pyrrole nitrogens is 1. The highest BCUT2D eigenvalue weighted by Gasteiger charge is 2.18. The number of nitrogens with two attached hydrogens (primary N) is 1. The minimum absolute atomic E-state index is 0.0134. The highest BCUT2D eigenvalue weighted by molar-refractivity contribution is 7.80. The standard InChI is InChI=1S/C9H13N5O2S/c1-14(5-6-2-12-13-3-6)9(16)8(15)11-4-7(10)17/h2-3H,4-5H2,1H3,(H2,10,17)(H,11,15)(H,12,13). The summed E-state index contributed by atoms with van der Waals surface area (Å²) in [5.41, 5.74) is 6.01. The van der Waals surface area contributed by atoms with Gasteiger partial charge in [-0.25, -0.2) is 0 Å². The van der Waals surface area contributed by atoms with E-state index in [9.17, 15) is 9.59 Å². The predicted octanol–water partition coefficient (Wildman–Crippen LogP) is -1.23. The molecule has 0 fully saturated rings. The zero-order valence-corrected chi connectivity index (χ0v) is 10.1. The second-order valence-electron chi connectivity index (χ2n) is 3.42. The van der Waals surface area contributed by atoms with Gasteiger partial charge in [0.15, 0.2) is 0 Å². The van der Waals surface area contributed by atoms with Crippen LogP contribution in [0.5, 0.6) is 0 Å². The number of amides is 2. The maximum absolute atomic E-state index is 11.6. The number of nitrogens with one attached hydrogen (secondary N) is 2. The van der Waals surface area contributed by atoms with E-state index in [-0.39, 0.29) is 11.5 Å². The third-order valence-corrected chi connectivity index (χ3v) is 2.08. The van der Waals surface area contributed by atoms with Crippen molar-refractivity contribution in [3.63, 3.8) is 0 Å². The van der Waals surface area contributed by atoms with Crippen molar-refractivity contribution < 1.29 is 9.59 Å². The Balaban J connectivity index is 2.46. The molecule has 0 aromatic carbocycles. The summed E-state index contributed by atoms with van der Waals surface area (Å²) in [5.74, 6) is -1.38. The topological polar surface area (TPSA) is 104 Å². The van der Waals surface area contributed by atoms with Gasteiger partial charge in [0.05, 0.1) is 17.7 Å². The summed E-state index contributed by atoms with van der Waals surface area (Å²) in [6, 6.07) is 0. The number of hydrogen-bond donors (Lipinski definition) is 3. The van der Waals surface area contributed by atoms with Crippen LogP contribution in [0.15, 0.2) is 12.4 Å². The van der Waals surface area contributed by atoms with Gasteiger partial charge in [0, 0.05) is 25.4 Å². The molecule has 0 aliphatic rings. The van der Waals surface area contributed by atoms with Crippen molar-refractivity contribution >= 4 is 29.0 Å². The number of likely N-dealkylation sites (N-methyl/N-ethyl adjacent to an activating group) is 1. The molecule has 8 heteroatoms. The zero-order chi connectivity index (χ0) is 12.8. The van der Waals surface area contributed by atoms with E-state index in [1.165, 1.54) is 11.9 Å². The van der Waals surface area contributed by atoms with Gasteiger partial charge < -0.3 is 16.0 Å². The van der Waals surface area contributed by atoms with Crippen LogP contribution in [0, 0.1) is 0 Å². The molecule has 0 unspecified atom stereocenters. The molecule has 1 aromatic rings. The Kier molecular flexibility index (Phi) is 4.58. The van der Waals surface area contributed by atoms with E-state index in [0.29, 0.717) is 6.54 Å². The average molecular weight is 255 g/mol. The van der Waals surface area contributed by atoms with Gasteiger partial charge in [-0.2, -0.15) is 5.10 Å². The monoisotopic (exact) mass is 255 g/mol. The molecule has 0 aliphatic heterocycles. The second-order valence-corrected chi connectivity index (χ2v) is 3.94. The van der Waals surface area contributed by atoms with E-state index < -0.39 is 11.8 Å². The minimum atomic E-state index is -0.733. The molecule has 1 aromatic heterocycles. The molecular formula is C9H13N5O2S. The van der Waals surface area contributed by atoms with Gasteiger partial charge in [0.2, 0.25) is 0 Å². The van der Waals surface area contributed by atoms with E-state index in [2.05, 4.69) is 27.7 Å². The Morgan fingerprint density at radius 1 is 1.65 bits per heavy atom. The maximum atomic E-state index is 11.6. The average Bonchev–Trinajstić information content (AvgIpc) is 2.77. The van der Waals surface area contributed by atoms with Crippen LogP contribution in [-0.4, -0.2) is 45.5 Å². The fourth-order valence-electron chi connectivity index (χ4n) is 1.13. The lowest BCUT2D eigenvalue weighted by Crippen LogP contribution is -2.43. The summed E-state index contributed by atoms with van der Waals surface area (Å²) in [5, 5.41) is 8.69. The van der Waals surface area contributed by atoms with Crippen LogP contribution in [0.3, 0.4) is 0 Å². The summed E-state index contributed by atoms with van der Waals surface area (Å²) < 4.78 is 0. The Labute approximate surface area is 103 Å². The largest absolute Gasteiger partial charge is 0.392 e. The van der Waals surface area contributed by atoms with Crippen LogP contribution in [0.4, 0.5) is 0 Å². The molecule has 0 saturated carbocycles. The molecule has 0 atom stereocenters. The Bertz CT molecular complexity index is 417. The molecule has 7 nitrogen and oxygen atoms in total. The lowest BCUT2D eigenvalue weighted by Gasteiger charge is -2.15. The predicted molar refractivity (Wildman–Crippen MR) is 64.9 cm³/mol. The smallest absolute Gasteiger partial charge is 0.311 e. The zero-order valence-electron chi connectivity index (χ0n) is 9.27. The summed E-state index contributed by atoms with van der Waals surface area (Å²) in [6.07, 6.45) is 3.23. The number of aromatic amines is 1. The summed E-state index contributed by atoms with van der Waals surface area (Å²) in [6.45, 7) is 0.315. The molecular weight excluding hydrogens is 242 g/mol. The Morgan fingerprint density at radius 2 is 2.35 bits per heavy atom. The van der Waals surface area contributed by atoms with Crippen LogP contribution in [-0.2, 0) is 16.1 Å². The first kappa shape index (κ1) is 13.1. The number of aromatic nitrogens is 2. The molecule has 1 rings (SSSR count). The highest BCUT2D eigenvalue weighted by atomic mass is 32.1. The number of carbonyl (C=O) groups excluding carboxylic acids is 2. The molecule has 4 N–H and O–H groups in total. The van der Waals surface area contributed by atoms with E-state index in [1.54, 1.807) is 12.4 Å². The van der Waals surface area contributed by atoms with E-state index in [4.69, 9.17) is 5.73 Å². The van der Waals surface area contributed by atoms with E-state index in [1.807, 2.05) is 0 Å². The number of rotatable bonds is 4. The van der Waals surface area contributed by atoms with Crippen molar-refractivity contribution in [3.8, 4) is 0 Å². The quantitative estimate of drug-likeness (QED) is 0.461.